The molecule has 0 bridgehead atoms. The van der Waals surface area contributed by atoms with E-state index in [-0.39, 0.29) is 5.91 Å². The summed E-state index contributed by atoms with van der Waals surface area (Å²) in [6, 6.07) is 13.0. The molecule has 0 spiro atoms. The maximum atomic E-state index is 12.5. The molecule has 3 heterocycles. The average molecular weight is 348 g/mol. The standard InChI is InChI=1S/C17H12N6OS/c24-16(13-6-7-19-14(10-13)23-9-8-18-11-23)21-17-20-15(22-25-17)12-4-2-1-3-5-12/h1-11H,(H,20,21,22,24). The predicted molar refractivity (Wildman–Crippen MR) is 94.7 cm³/mol. The first-order chi connectivity index (χ1) is 12.3. The maximum absolute atomic E-state index is 12.5. The molecule has 8 heteroatoms. The number of carbonyl (C=O) groups excluding carboxylic acids is 1. The number of hydrogen-bond donors (Lipinski definition) is 1. The van der Waals surface area contributed by atoms with Gasteiger partial charge in [-0.25, -0.2) is 9.97 Å². The molecule has 0 saturated heterocycles. The number of rotatable bonds is 4. The molecule has 25 heavy (non-hydrogen) atoms. The van der Waals surface area contributed by atoms with Crippen LogP contribution in [0.5, 0.6) is 0 Å². The number of hydrogen-bond acceptors (Lipinski definition) is 6. The van der Waals surface area contributed by atoms with Gasteiger partial charge in [-0.2, -0.15) is 9.36 Å². The van der Waals surface area contributed by atoms with Gasteiger partial charge in [-0.15, -0.1) is 0 Å². The number of imidazole rings is 1. The number of nitrogens with zero attached hydrogens (tertiary/aromatic N) is 5. The quantitative estimate of drug-likeness (QED) is 0.613. The van der Waals surface area contributed by atoms with Crippen molar-refractivity contribution in [3.63, 3.8) is 0 Å². The number of pyridine rings is 1. The van der Waals surface area contributed by atoms with Crippen LogP contribution in [0.3, 0.4) is 0 Å². The van der Waals surface area contributed by atoms with Crippen LogP contribution in [0.2, 0.25) is 0 Å². The lowest BCUT2D eigenvalue weighted by Crippen LogP contribution is -2.12. The van der Waals surface area contributed by atoms with Crippen LogP contribution < -0.4 is 5.32 Å². The Kier molecular flexibility index (Phi) is 4.01. The van der Waals surface area contributed by atoms with Crippen molar-refractivity contribution >= 4 is 22.6 Å². The van der Waals surface area contributed by atoms with E-state index in [9.17, 15) is 4.79 Å². The summed E-state index contributed by atoms with van der Waals surface area (Å²) in [5, 5.41) is 3.22. The SMILES string of the molecule is O=C(Nc1nc(-c2ccccc2)ns1)c1ccnc(-n2ccnc2)c1. The summed E-state index contributed by atoms with van der Waals surface area (Å²) in [6.45, 7) is 0. The van der Waals surface area contributed by atoms with Gasteiger partial charge in [-0.1, -0.05) is 30.3 Å². The van der Waals surface area contributed by atoms with Crippen LogP contribution in [0.1, 0.15) is 10.4 Å². The van der Waals surface area contributed by atoms with Crippen LogP contribution >= 0.6 is 11.5 Å². The molecular formula is C17H12N6OS. The van der Waals surface area contributed by atoms with Gasteiger partial charge < -0.3 is 0 Å². The van der Waals surface area contributed by atoms with E-state index in [1.165, 1.54) is 0 Å². The predicted octanol–water partition coefficient (Wildman–Crippen LogP) is 3.04. The van der Waals surface area contributed by atoms with Crippen molar-refractivity contribution in [2.45, 2.75) is 0 Å². The third kappa shape index (κ3) is 3.29. The molecule has 1 amide bonds. The summed E-state index contributed by atoms with van der Waals surface area (Å²) >= 11 is 1.15. The monoisotopic (exact) mass is 348 g/mol. The van der Waals surface area contributed by atoms with Crippen LogP contribution in [0, 0.1) is 0 Å². The highest BCUT2D eigenvalue weighted by Crippen LogP contribution is 2.21. The van der Waals surface area contributed by atoms with Gasteiger partial charge in [-0.3, -0.25) is 14.7 Å². The smallest absolute Gasteiger partial charge is 0.257 e. The van der Waals surface area contributed by atoms with Gasteiger partial charge >= 0.3 is 0 Å². The van der Waals surface area contributed by atoms with E-state index in [0.29, 0.717) is 22.3 Å². The highest BCUT2D eigenvalue weighted by molar-refractivity contribution is 7.10. The third-order valence-electron chi connectivity index (χ3n) is 3.46. The lowest BCUT2D eigenvalue weighted by Gasteiger charge is -2.04. The Labute approximate surface area is 147 Å². The molecule has 0 aliphatic rings. The molecule has 4 aromatic rings. The molecule has 0 saturated carbocycles. The summed E-state index contributed by atoms with van der Waals surface area (Å²) in [5.74, 6) is 0.946. The fraction of sp³-hybridized carbons (Fsp3) is 0. The number of benzene rings is 1. The summed E-state index contributed by atoms with van der Waals surface area (Å²) < 4.78 is 6.01. The molecule has 7 nitrogen and oxygen atoms in total. The van der Waals surface area contributed by atoms with E-state index in [0.717, 1.165) is 17.1 Å². The highest BCUT2D eigenvalue weighted by atomic mass is 32.1. The van der Waals surface area contributed by atoms with E-state index in [2.05, 4.69) is 24.6 Å². The van der Waals surface area contributed by atoms with Gasteiger partial charge in [-0.05, 0) is 12.1 Å². The normalized spacial score (nSPS) is 10.6. The Morgan fingerprint density at radius 1 is 1.12 bits per heavy atom. The second-order valence-corrected chi connectivity index (χ2v) is 5.87. The fourth-order valence-electron chi connectivity index (χ4n) is 2.24. The number of amides is 1. The van der Waals surface area contributed by atoms with Gasteiger partial charge in [0.05, 0.1) is 0 Å². The van der Waals surface area contributed by atoms with Crippen LogP contribution in [0.15, 0.2) is 67.4 Å². The summed E-state index contributed by atoms with van der Waals surface area (Å²) in [7, 11) is 0. The zero-order valence-corrected chi connectivity index (χ0v) is 13.7. The second-order valence-electron chi connectivity index (χ2n) is 5.12. The lowest BCUT2D eigenvalue weighted by atomic mass is 10.2. The van der Waals surface area contributed by atoms with Crippen LogP contribution in [-0.4, -0.2) is 29.8 Å². The first kappa shape index (κ1) is 15.2. The van der Waals surface area contributed by atoms with E-state index < -0.39 is 0 Å². The Morgan fingerprint density at radius 3 is 2.80 bits per heavy atom. The van der Waals surface area contributed by atoms with Crippen molar-refractivity contribution in [1.29, 1.82) is 0 Å². The van der Waals surface area contributed by atoms with E-state index in [1.807, 2.05) is 30.3 Å². The largest absolute Gasteiger partial charge is 0.297 e. The number of anilines is 1. The topological polar surface area (TPSA) is 85.6 Å². The number of nitrogens with one attached hydrogen (secondary N) is 1. The molecule has 3 aromatic heterocycles. The Morgan fingerprint density at radius 2 is 2.00 bits per heavy atom. The van der Waals surface area contributed by atoms with Gasteiger partial charge in [0.2, 0.25) is 5.13 Å². The van der Waals surface area contributed by atoms with Gasteiger partial charge in [0.1, 0.15) is 12.1 Å². The first-order valence-electron chi connectivity index (χ1n) is 7.44. The molecule has 0 radical (unpaired) electrons. The zero-order chi connectivity index (χ0) is 17.1. The molecule has 0 atom stereocenters. The third-order valence-corrected chi connectivity index (χ3v) is 4.09. The molecule has 1 aromatic carbocycles. The molecule has 0 aliphatic carbocycles. The summed E-state index contributed by atoms with van der Waals surface area (Å²) in [6.07, 6.45) is 6.63. The summed E-state index contributed by atoms with van der Waals surface area (Å²) in [5.41, 5.74) is 1.39. The van der Waals surface area contributed by atoms with Gasteiger partial charge in [0.15, 0.2) is 5.82 Å². The fourth-order valence-corrected chi connectivity index (χ4v) is 2.83. The number of carbonyl (C=O) groups is 1. The van der Waals surface area contributed by atoms with Crippen molar-refractivity contribution < 1.29 is 4.79 Å². The van der Waals surface area contributed by atoms with Gasteiger partial charge in [0.25, 0.3) is 5.91 Å². The van der Waals surface area contributed by atoms with Crippen molar-refractivity contribution in [3.8, 4) is 17.2 Å². The van der Waals surface area contributed by atoms with E-state index in [1.54, 1.807) is 41.6 Å². The van der Waals surface area contributed by atoms with Crippen molar-refractivity contribution in [3.05, 3.63) is 72.9 Å². The average Bonchev–Trinajstić information content (AvgIpc) is 3.35. The van der Waals surface area contributed by atoms with Crippen molar-refractivity contribution in [2.75, 3.05) is 5.32 Å². The summed E-state index contributed by atoms with van der Waals surface area (Å²) in [4.78, 5) is 25.0. The molecule has 0 fully saturated rings. The minimum absolute atomic E-state index is 0.264. The molecule has 0 unspecified atom stereocenters. The highest BCUT2D eigenvalue weighted by Gasteiger charge is 2.12. The Hall–Kier alpha value is -3.39. The lowest BCUT2D eigenvalue weighted by molar-refractivity contribution is 0.102. The second kappa shape index (κ2) is 6.62. The minimum atomic E-state index is -0.264. The zero-order valence-electron chi connectivity index (χ0n) is 12.9. The number of aromatic nitrogens is 5. The minimum Gasteiger partial charge on any atom is -0.297 e. The maximum Gasteiger partial charge on any atom is 0.257 e. The van der Waals surface area contributed by atoms with Crippen LogP contribution in [0.4, 0.5) is 5.13 Å². The molecule has 1 N–H and O–H groups in total. The van der Waals surface area contributed by atoms with Crippen LogP contribution in [-0.2, 0) is 0 Å². The Balaban J connectivity index is 1.53. The van der Waals surface area contributed by atoms with Crippen molar-refractivity contribution in [2.24, 2.45) is 0 Å². The van der Waals surface area contributed by atoms with Crippen molar-refractivity contribution in [1.82, 2.24) is 23.9 Å². The Bertz CT molecular complexity index is 997. The van der Waals surface area contributed by atoms with Crippen LogP contribution in [0.25, 0.3) is 17.2 Å². The molecular weight excluding hydrogens is 336 g/mol. The molecule has 0 aliphatic heterocycles. The first-order valence-corrected chi connectivity index (χ1v) is 8.22. The molecule has 4 rings (SSSR count). The van der Waals surface area contributed by atoms with Gasteiger partial charge in [0, 0.05) is 41.2 Å². The van der Waals surface area contributed by atoms with E-state index in [4.69, 9.17) is 0 Å². The molecule has 122 valence electrons. The van der Waals surface area contributed by atoms with E-state index >= 15 is 0 Å².